The third kappa shape index (κ3) is 2.43. The minimum atomic E-state index is -1.05. The van der Waals surface area contributed by atoms with Crippen LogP contribution in [0.1, 0.15) is 32.6 Å². The van der Waals surface area contributed by atoms with E-state index in [-0.39, 0.29) is 6.10 Å². The lowest BCUT2D eigenvalue weighted by Gasteiger charge is -2.34. The summed E-state index contributed by atoms with van der Waals surface area (Å²) in [6, 6.07) is 0. The Morgan fingerprint density at radius 3 is 2.91 bits per heavy atom. The molecule has 0 heterocycles. The van der Waals surface area contributed by atoms with Crippen LogP contribution < -0.4 is 0 Å². The van der Waals surface area contributed by atoms with E-state index in [4.69, 9.17) is 4.74 Å². The maximum atomic E-state index is 9.66. The van der Waals surface area contributed by atoms with Gasteiger partial charge in [-0.25, -0.2) is 0 Å². The van der Waals surface area contributed by atoms with Crippen molar-refractivity contribution in [2.75, 3.05) is 6.61 Å². The highest BCUT2D eigenvalue weighted by atomic mass is 16.6. The fourth-order valence-corrected chi connectivity index (χ4v) is 1.59. The predicted octanol–water partition coefficient (Wildman–Crippen LogP) is 0.646. The zero-order valence-corrected chi connectivity index (χ0v) is 6.92. The van der Waals surface area contributed by atoms with Crippen molar-refractivity contribution >= 4 is 0 Å². The molecule has 2 N–H and O–H groups in total. The van der Waals surface area contributed by atoms with E-state index in [2.05, 4.69) is 0 Å². The number of hydrogen-bond donors (Lipinski definition) is 2. The lowest BCUT2D eigenvalue weighted by molar-refractivity contribution is -0.232. The fourth-order valence-electron chi connectivity index (χ4n) is 1.59. The van der Waals surface area contributed by atoms with Crippen LogP contribution in [0.3, 0.4) is 0 Å². The van der Waals surface area contributed by atoms with Gasteiger partial charge in [-0.2, -0.15) is 0 Å². The number of ether oxygens (including phenoxy) is 1. The monoisotopic (exact) mass is 160 g/mol. The molecule has 11 heavy (non-hydrogen) atoms. The molecule has 0 aromatic carbocycles. The van der Waals surface area contributed by atoms with Crippen molar-refractivity contribution in [3.8, 4) is 0 Å². The fraction of sp³-hybridized carbons (Fsp3) is 1.00. The number of rotatable bonds is 2. The van der Waals surface area contributed by atoms with Crippen molar-refractivity contribution in [2.24, 2.45) is 0 Å². The molecule has 0 bridgehead atoms. The summed E-state index contributed by atoms with van der Waals surface area (Å²) in [6.07, 6.45) is 2.26. The molecule has 1 rings (SSSR count). The summed E-state index contributed by atoms with van der Waals surface area (Å²) in [5, 5.41) is 18.9. The Balaban J connectivity index is 2.41. The van der Waals surface area contributed by atoms with Crippen molar-refractivity contribution in [3.05, 3.63) is 0 Å². The van der Waals surface area contributed by atoms with Gasteiger partial charge in [-0.1, -0.05) is 0 Å². The van der Waals surface area contributed by atoms with Crippen molar-refractivity contribution in [2.45, 2.75) is 44.5 Å². The Bertz CT molecular complexity index is 123. The van der Waals surface area contributed by atoms with E-state index in [1.807, 2.05) is 6.92 Å². The number of hydrogen-bond acceptors (Lipinski definition) is 3. The van der Waals surface area contributed by atoms with E-state index < -0.39 is 5.79 Å². The third-order valence-corrected chi connectivity index (χ3v) is 2.07. The molecule has 0 amide bonds. The summed E-state index contributed by atoms with van der Waals surface area (Å²) < 4.78 is 5.14. The maximum Gasteiger partial charge on any atom is 0.167 e. The van der Waals surface area contributed by atoms with Crippen LogP contribution in [0.25, 0.3) is 0 Å². The van der Waals surface area contributed by atoms with E-state index in [9.17, 15) is 10.2 Å². The zero-order valence-electron chi connectivity index (χ0n) is 6.92. The highest BCUT2D eigenvalue weighted by molar-refractivity contribution is 4.78. The van der Waals surface area contributed by atoms with Gasteiger partial charge in [-0.3, -0.25) is 0 Å². The van der Waals surface area contributed by atoms with Gasteiger partial charge in [0.1, 0.15) is 0 Å². The summed E-state index contributed by atoms with van der Waals surface area (Å²) in [5.74, 6) is -1.05. The Morgan fingerprint density at radius 2 is 2.36 bits per heavy atom. The van der Waals surface area contributed by atoms with Crippen molar-refractivity contribution < 1.29 is 14.9 Å². The van der Waals surface area contributed by atoms with Gasteiger partial charge in [0.2, 0.25) is 0 Å². The topological polar surface area (TPSA) is 49.7 Å². The van der Waals surface area contributed by atoms with Crippen LogP contribution in [0.4, 0.5) is 0 Å². The largest absolute Gasteiger partial charge is 0.393 e. The highest BCUT2D eigenvalue weighted by Gasteiger charge is 2.33. The van der Waals surface area contributed by atoms with Gasteiger partial charge in [-0.05, 0) is 19.8 Å². The summed E-state index contributed by atoms with van der Waals surface area (Å²) in [7, 11) is 0. The molecule has 1 aliphatic rings. The van der Waals surface area contributed by atoms with Gasteiger partial charge in [0.05, 0.1) is 6.10 Å². The molecule has 0 radical (unpaired) electrons. The minimum Gasteiger partial charge on any atom is -0.393 e. The average Bonchev–Trinajstić information content (AvgIpc) is 1.86. The predicted molar refractivity (Wildman–Crippen MR) is 41.1 cm³/mol. The molecule has 0 aromatic rings. The van der Waals surface area contributed by atoms with E-state index >= 15 is 0 Å². The van der Waals surface area contributed by atoms with Crippen molar-refractivity contribution in [3.63, 3.8) is 0 Å². The standard InChI is InChI=1S/C8H16O3/c1-2-11-8(10)5-3-4-7(9)6-8/h7,9-10H,2-6H2,1H3. The van der Waals surface area contributed by atoms with Crippen molar-refractivity contribution in [1.82, 2.24) is 0 Å². The maximum absolute atomic E-state index is 9.66. The smallest absolute Gasteiger partial charge is 0.167 e. The summed E-state index contributed by atoms with van der Waals surface area (Å²) >= 11 is 0. The van der Waals surface area contributed by atoms with Gasteiger partial charge < -0.3 is 14.9 Å². The van der Waals surface area contributed by atoms with Crippen LogP contribution in [-0.4, -0.2) is 28.7 Å². The molecule has 0 aromatic heterocycles. The third-order valence-electron chi connectivity index (χ3n) is 2.07. The van der Waals surface area contributed by atoms with Gasteiger partial charge >= 0.3 is 0 Å². The molecule has 1 aliphatic carbocycles. The molecule has 66 valence electrons. The summed E-state index contributed by atoms with van der Waals surface area (Å²) in [6.45, 7) is 2.35. The van der Waals surface area contributed by atoms with Crippen molar-refractivity contribution in [1.29, 1.82) is 0 Å². The summed E-state index contributed by atoms with van der Waals surface area (Å²) in [4.78, 5) is 0. The Kier molecular flexibility index (Phi) is 2.87. The first kappa shape index (κ1) is 8.97. The quantitative estimate of drug-likeness (QED) is 0.583. The molecule has 3 nitrogen and oxygen atoms in total. The molecule has 1 fully saturated rings. The van der Waals surface area contributed by atoms with Gasteiger partial charge in [0, 0.05) is 19.4 Å². The van der Waals surface area contributed by atoms with Gasteiger partial charge in [0.25, 0.3) is 0 Å². The highest BCUT2D eigenvalue weighted by Crippen LogP contribution is 2.29. The van der Waals surface area contributed by atoms with E-state index in [0.29, 0.717) is 19.4 Å². The number of aliphatic hydroxyl groups is 2. The molecule has 2 unspecified atom stereocenters. The molecule has 3 heteroatoms. The number of aliphatic hydroxyl groups excluding tert-OH is 1. The van der Waals surface area contributed by atoms with Crippen LogP contribution in [0, 0.1) is 0 Å². The molecule has 0 spiro atoms. The first-order valence-electron chi connectivity index (χ1n) is 4.21. The summed E-state index contributed by atoms with van der Waals surface area (Å²) in [5.41, 5.74) is 0. The second kappa shape index (κ2) is 3.52. The molecule has 1 saturated carbocycles. The van der Waals surface area contributed by atoms with Crippen LogP contribution in [-0.2, 0) is 4.74 Å². The molecule has 0 saturated heterocycles. The van der Waals surface area contributed by atoms with Crippen LogP contribution in [0.15, 0.2) is 0 Å². The Morgan fingerprint density at radius 1 is 1.64 bits per heavy atom. The SMILES string of the molecule is CCOC1(O)CCCC(O)C1. The second-order valence-electron chi connectivity index (χ2n) is 3.13. The van der Waals surface area contributed by atoms with E-state index in [1.54, 1.807) is 0 Å². The average molecular weight is 160 g/mol. The normalized spacial score (nSPS) is 39.0. The minimum absolute atomic E-state index is 0.362. The van der Waals surface area contributed by atoms with Crippen LogP contribution in [0.2, 0.25) is 0 Å². The second-order valence-corrected chi connectivity index (χ2v) is 3.13. The first-order chi connectivity index (χ1) is 5.16. The van der Waals surface area contributed by atoms with Gasteiger partial charge in [0.15, 0.2) is 5.79 Å². The van der Waals surface area contributed by atoms with E-state index in [1.165, 1.54) is 0 Å². The van der Waals surface area contributed by atoms with E-state index in [0.717, 1.165) is 12.8 Å². The molecule has 0 aliphatic heterocycles. The lowest BCUT2D eigenvalue weighted by atomic mass is 9.92. The molecule has 2 atom stereocenters. The Labute approximate surface area is 67.0 Å². The first-order valence-corrected chi connectivity index (χ1v) is 4.21. The van der Waals surface area contributed by atoms with Gasteiger partial charge in [-0.15, -0.1) is 0 Å². The molecular weight excluding hydrogens is 144 g/mol. The van der Waals surface area contributed by atoms with Crippen LogP contribution >= 0.6 is 0 Å². The molecular formula is C8H16O3. The Hall–Kier alpha value is -0.120. The lowest BCUT2D eigenvalue weighted by Crippen LogP contribution is -2.39. The zero-order chi connectivity index (χ0) is 8.32. The van der Waals surface area contributed by atoms with Crippen LogP contribution in [0.5, 0.6) is 0 Å².